The Labute approximate surface area is 165 Å². The summed E-state index contributed by atoms with van der Waals surface area (Å²) in [7, 11) is 0. The number of hydrogen-bond acceptors (Lipinski definition) is 6. The molecule has 2 aliphatic heterocycles. The molecule has 2 amide bonds. The summed E-state index contributed by atoms with van der Waals surface area (Å²) in [5.41, 5.74) is 0. The fourth-order valence-corrected chi connectivity index (χ4v) is 2.84. The quantitative estimate of drug-likeness (QED) is 0.343. The van der Waals surface area contributed by atoms with Gasteiger partial charge < -0.3 is 6.16 Å². The zero-order valence-corrected chi connectivity index (χ0v) is 16.3. The minimum absolute atomic E-state index is 0. The molecule has 7 nitrogen and oxygen atoms in total. The number of carbonyl (C=O) groups excluding carboxylic acids is 3. The van der Waals surface area contributed by atoms with Crippen LogP contribution in [0.5, 0.6) is 0 Å². The van der Waals surface area contributed by atoms with Crippen LogP contribution in [0.4, 0.5) is 0 Å². The maximum atomic E-state index is 12.3. The van der Waals surface area contributed by atoms with Gasteiger partial charge in [-0.05, 0) is 11.9 Å². The molecular formula is C11H13Cl2N2NaO5S. The summed E-state index contributed by atoms with van der Waals surface area (Å²) in [6.07, 6.45) is -0.128. The number of nitrogens with zero attached hydrogens (tertiary/aromatic N) is 2. The third-order valence-corrected chi connectivity index (χ3v) is 4.40. The predicted molar refractivity (Wildman–Crippen MR) is 76.7 cm³/mol. The Morgan fingerprint density at radius 3 is 2.68 bits per heavy atom. The minimum Gasteiger partial charge on any atom is -1.00 e. The standard InChI is InChI=1S/C11H12Cl2N2O5S.Na.H/c1-6(16)15(21-5-8(12)13)7-4-19-14(11(7)18)9-2-3-10(17)20-9;;/h5,7,9H,2-4H2,1H3;;/q;+1;-1/t7-,9?;;/m0../s1. The molecule has 22 heavy (non-hydrogen) atoms. The molecule has 0 saturated carbocycles. The number of esters is 1. The van der Waals surface area contributed by atoms with Crippen molar-refractivity contribution >= 4 is 52.9 Å². The van der Waals surface area contributed by atoms with Crippen molar-refractivity contribution < 1.29 is 54.9 Å². The summed E-state index contributed by atoms with van der Waals surface area (Å²) in [6, 6.07) is -0.823. The summed E-state index contributed by atoms with van der Waals surface area (Å²) in [5, 5.41) is 2.34. The molecule has 0 bridgehead atoms. The van der Waals surface area contributed by atoms with Crippen LogP contribution < -0.4 is 29.6 Å². The van der Waals surface area contributed by atoms with E-state index >= 15 is 0 Å². The van der Waals surface area contributed by atoms with E-state index in [0.29, 0.717) is 6.42 Å². The Kier molecular flexibility index (Phi) is 8.01. The average Bonchev–Trinajstić information content (AvgIpc) is 2.96. The second-order valence-corrected chi connectivity index (χ2v) is 6.16. The number of hydrogen-bond donors (Lipinski definition) is 0. The number of cyclic esters (lactones) is 1. The Hall–Kier alpha value is 0.0400. The van der Waals surface area contributed by atoms with Gasteiger partial charge in [0.25, 0.3) is 5.91 Å². The molecular weight excluding hydrogens is 366 g/mol. The summed E-state index contributed by atoms with van der Waals surface area (Å²) < 4.78 is 6.16. The molecule has 0 spiro atoms. The maximum Gasteiger partial charge on any atom is 1.00 e. The van der Waals surface area contributed by atoms with Crippen molar-refractivity contribution in [2.45, 2.75) is 32.0 Å². The van der Waals surface area contributed by atoms with Crippen LogP contribution in [0.3, 0.4) is 0 Å². The van der Waals surface area contributed by atoms with E-state index in [9.17, 15) is 14.4 Å². The van der Waals surface area contributed by atoms with Gasteiger partial charge in [0.1, 0.15) is 11.1 Å². The van der Waals surface area contributed by atoms with Gasteiger partial charge in [0.2, 0.25) is 12.1 Å². The van der Waals surface area contributed by atoms with Crippen molar-refractivity contribution in [2.75, 3.05) is 6.61 Å². The van der Waals surface area contributed by atoms with Crippen molar-refractivity contribution in [3.8, 4) is 0 Å². The zero-order chi connectivity index (χ0) is 15.6. The second-order valence-electron chi connectivity index (χ2n) is 4.32. The van der Waals surface area contributed by atoms with Gasteiger partial charge in [0.05, 0.1) is 6.42 Å². The van der Waals surface area contributed by atoms with Crippen LogP contribution >= 0.6 is 35.1 Å². The van der Waals surface area contributed by atoms with Gasteiger partial charge in [-0.1, -0.05) is 23.2 Å². The molecule has 118 valence electrons. The summed E-state index contributed by atoms with van der Waals surface area (Å²) in [6.45, 7) is 1.29. The molecule has 2 fully saturated rings. The SMILES string of the molecule is CC(=O)N(SC=C(Cl)Cl)[C@H]1CON(C2CCC(=O)O2)C1=O.[H-].[Na+]. The molecule has 2 atom stereocenters. The van der Waals surface area contributed by atoms with Crippen molar-refractivity contribution in [1.82, 2.24) is 9.37 Å². The molecule has 0 aromatic carbocycles. The van der Waals surface area contributed by atoms with E-state index in [2.05, 4.69) is 0 Å². The van der Waals surface area contributed by atoms with E-state index in [1.807, 2.05) is 0 Å². The van der Waals surface area contributed by atoms with Crippen molar-refractivity contribution in [3.05, 3.63) is 9.90 Å². The smallest absolute Gasteiger partial charge is 1.00 e. The normalized spacial score (nSPS) is 23.9. The maximum absolute atomic E-state index is 12.3. The Bertz CT molecular complexity index is 509. The van der Waals surface area contributed by atoms with Crippen LogP contribution in [-0.4, -0.2) is 46.0 Å². The van der Waals surface area contributed by atoms with Crippen LogP contribution in [0.15, 0.2) is 9.90 Å². The minimum atomic E-state index is -0.823. The predicted octanol–water partition coefficient (Wildman–Crippen LogP) is -1.32. The fraction of sp³-hybridized carbons (Fsp3) is 0.545. The number of amides is 2. The monoisotopic (exact) mass is 378 g/mol. The Balaban J connectivity index is 0.00000242. The summed E-state index contributed by atoms with van der Waals surface area (Å²) in [4.78, 5) is 40.3. The van der Waals surface area contributed by atoms with E-state index < -0.39 is 18.2 Å². The van der Waals surface area contributed by atoms with Gasteiger partial charge >= 0.3 is 35.5 Å². The van der Waals surface area contributed by atoms with Gasteiger partial charge in [-0.2, -0.15) is 5.06 Å². The van der Waals surface area contributed by atoms with Gasteiger partial charge in [-0.15, -0.1) is 0 Å². The van der Waals surface area contributed by atoms with Crippen molar-refractivity contribution in [2.24, 2.45) is 0 Å². The summed E-state index contributed by atoms with van der Waals surface area (Å²) in [5.74, 6) is -1.18. The van der Waals surface area contributed by atoms with Gasteiger partial charge in [0, 0.05) is 18.8 Å². The van der Waals surface area contributed by atoms with Gasteiger partial charge in [0.15, 0.2) is 6.04 Å². The molecule has 0 aromatic rings. The Morgan fingerprint density at radius 1 is 1.50 bits per heavy atom. The van der Waals surface area contributed by atoms with Crippen molar-refractivity contribution in [1.29, 1.82) is 0 Å². The molecule has 11 heteroatoms. The third-order valence-electron chi connectivity index (χ3n) is 2.85. The van der Waals surface area contributed by atoms with Crippen LogP contribution in [0.25, 0.3) is 0 Å². The number of halogens is 2. The van der Waals surface area contributed by atoms with Gasteiger partial charge in [-0.25, -0.2) is 0 Å². The fourth-order valence-electron chi connectivity index (χ4n) is 1.97. The molecule has 2 aliphatic rings. The van der Waals surface area contributed by atoms with Crippen molar-refractivity contribution in [3.63, 3.8) is 0 Å². The third kappa shape index (κ3) is 4.77. The first-order chi connectivity index (χ1) is 9.90. The number of hydroxylamine groups is 2. The van der Waals surface area contributed by atoms with Crippen LogP contribution in [0.2, 0.25) is 0 Å². The molecule has 0 radical (unpaired) electrons. The zero-order valence-electron chi connectivity index (χ0n) is 13.0. The van der Waals surface area contributed by atoms with Gasteiger partial charge in [-0.3, -0.25) is 23.5 Å². The molecule has 2 rings (SSSR count). The first-order valence-corrected chi connectivity index (χ1v) is 7.62. The topological polar surface area (TPSA) is 76.2 Å². The molecule has 2 saturated heterocycles. The van der Waals surface area contributed by atoms with E-state index in [1.54, 1.807) is 0 Å². The van der Waals surface area contributed by atoms with E-state index in [0.717, 1.165) is 17.0 Å². The van der Waals surface area contributed by atoms with Crippen LogP contribution in [0, 0.1) is 0 Å². The largest absolute Gasteiger partial charge is 1.00 e. The number of ether oxygens (including phenoxy) is 1. The second kappa shape index (κ2) is 8.77. The average molecular weight is 379 g/mol. The van der Waals surface area contributed by atoms with Crippen LogP contribution in [0.1, 0.15) is 21.2 Å². The molecule has 1 unspecified atom stereocenters. The number of carbonyl (C=O) groups is 3. The van der Waals surface area contributed by atoms with E-state index in [4.69, 9.17) is 32.8 Å². The first-order valence-electron chi connectivity index (χ1n) is 6.03. The Morgan fingerprint density at radius 2 is 2.18 bits per heavy atom. The summed E-state index contributed by atoms with van der Waals surface area (Å²) >= 11 is 11.9. The van der Waals surface area contributed by atoms with Crippen LogP contribution in [-0.2, 0) is 24.0 Å². The molecule has 0 N–H and O–H groups in total. The molecule has 0 aliphatic carbocycles. The van der Waals surface area contributed by atoms with E-state index in [1.165, 1.54) is 16.6 Å². The molecule has 2 heterocycles. The number of rotatable bonds is 4. The van der Waals surface area contributed by atoms with E-state index in [-0.39, 0.29) is 60.4 Å². The molecule has 0 aromatic heterocycles. The first kappa shape index (κ1) is 20.1.